The van der Waals surface area contributed by atoms with E-state index in [1.54, 1.807) is 7.11 Å². The second-order valence-electron chi connectivity index (χ2n) is 7.26. The molecule has 1 aliphatic rings. The number of nitrogens with one attached hydrogen (secondary N) is 2. The number of nitrogens with zero attached hydrogens (tertiary/aromatic N) is 3. The minimum absolute atomic E-state index is 0. The quantitative estimate of drug-likeness (QED) is 0.209. The number of rotatable bonds is 10. The SMILES string of the molecule is CCNC(=NCCc1ccc(CC)cc1)N1CCN(CC(=O)NCCOC)CC1.I. The molecule has 1 fully saturated rings. The molecule has 1 aromatic carbocycles. The van der Waals surface area contributed by atoms with Gasteiger partial charge in [0.25, 0.3) is 0 Å². The Labute approximate surface area is 198 Å². The third kappa shape index (κ3) is 9.61. The third-order valence-corrected chi connectivity index (χ3v) is 5.10. The normalized spacial score (nSPS) is 14.9. The minimum atomic E-state index is 0. The van der Waals surface area contributed by atoms with Crippen LogP contribution in [0.3, 0.4) is 0 Å². The molecule has 0 atom stereocenters. The molecule has 1 saturated heterocycles. The summed E-state index contributed by atoms with van der Waals surface area (Å²) in [5.74, 6) is 1.03. The highest BCUT2D eigenvalue weighted by Crippen LogP contribution is 2.07. The summed E-state index contributed by atoms with van der Waals surface area (Å²) >= 11 is 0. The number of guanidine groups is 1. The lowest BCUT2D eigenvalue weighted by atomic mass is 10.1. The summed E-state index contributed by atoms with van der Waals surface area (Å²) in [5, 5.41) is 6.29. The van der Waals surface area contributed by atoms with Gasteiger partial charge in [-0.3, -0.25) is 14.7 Å². The average Bonchev–Trinajstić information content (AvgIpc) is 2.74. The highest BCUT2D eigenvalue weighted by Gasteiger charge is 2.21. The molecule has 0 unspecified atom stereocenters. The number of amides is 1. The van der Waals surface area contributed by atoms with Crippen LogP contribution in [0, 0.1) is 0 Å². The maximum atomic E-state index is 12.0. The molecule has 0 radical (unpaired) electrons. The first-order valence-corrected chi connectivity index (χ1v) is 10.7. The Bertz CT molecular complexity index is 631. The second-order valence-corrected chi connectivity index (χ2v) is 7.26. The van der Waals surface area contributed by atoms with E-state index in [-0.39, 0.29) is 29.9 Å². The summed E-state index contributed by atoms with van der Waals surface area (Å²) in [6.07, 6.45) is 2.02. The fourth-order valence-corrected chi connectivity index (χ4v) is 3.33. The Morgan fingerprint density at radius 3 is 2.33 bits per heavy atom. The van der Waals surface area contributed by atoms with Crippen LogP contribution in [-0.2, 0) is 22.4 Å². The van der Waals surface area contributed by atoms with Gasteiger partial charge in [-0.1, -0.05) is 31.2 Å². The van der Waals surface area contributed by atoms with E-state index in [0.29, 0.717) is 19.7 Å². The number of aryl methyl sites for hydroxylation is 1. The van der Waals surface area contributed by atoms with E-state index in [0.717, 1.165) is 58.1 Å². The van der Waals surface area contributed by atoms with Gasteiger partial charge in [0.15, 0.2) is 5.96 Å². The lowest BCUT2D eigenvalue weighted by Crippen LogP contribution is -2.54. The Morgan fingerprint density at radius 2 is 1.73 bits per heavy atom. The van der Waals surface area contributed by atoms with E-state index in [4.69, 9.17) is 9.73 Å². The van der Waals surface area contributed by atoms with Crippen molar-refractivity contribution in [2.24, 2.45) is 4.99 Å². The molecule has 2 N–H and O–H groups in total. The molecule has 0 aliphatic carbocycles. The van der Waals surface area contributed by atoms with Crippen molar-refractivity contribution in [1.29, 1.82) is 0 Å². The van der Waals surface area contributed by atoms with Crippen LogP contribution >= 0.6 is 24.0 Å². The Hall–Kier alpha value is -1.39. The monoisotopic (exact) mass is 531 g/mol. The second kappa shape index (κ2) is 15.4. The topological polar surface area (TPSA) is 69.2 Å². The summed E-state index contributed by atoms with van der Waals surface area (Å²) < 4.78 is 4.96. The highest BCUT2D eigenvalue weighted by molar-refractivity contribution is 14.0. The van der Waals surface area contributed by atoms with Gasteiger partial charge >= 0.3 is 0 Å². The predicted molar refractivity (Wildman–Crippen MR) is 134 cm³/mol. The summed E-state index contributed by atoms with van der Waals surface area (Å²) in [7, 11) is 1.64. The smallest absolute Gasteiger partial charge is 0.234 e. The Morgan fingerprint density at radius 1 is 1.07 bits per heavy atom. The van der Waals surface area contributed by atoms with Gasteiger partial charge in [0.05, 0.1) is 13.2 Å². The van der Waals surface area contributed by atoms with Crippen molar-refractivity contribution in [3.8, 4) is 0 Å². The molecule has 1 aromatic rings. The average molecular weight is 531 g/mol. The zero-order chi connectivity index (χ0) is 20.9. The molecular formula is C22H38IN5O2. The van der Waals surface area contributed by atoms with Crippen LogP contribution in [0.15, 0.2) is 29.3 Å². The van der Waals surface area contributed by atoms with E-state index in [9.17, 15) is 4.79 Å². The van der Waals surface area contributed by atoms with E-state index in [1.807, 2.05) is 0 Å². The first-order valence-electron chi connectivity index (χ1n) is 10.7. The number of ether oxygens (including phenoxy) is 1. The van der Waals surface area contributed by atoms with Crippen LogP contribution in [0.25, 0.3) is 0 Å². The molecule has 0 saturated carbocycles. The van der Waals surface area contributed by atoms with Gasteiger partial charge in [-0.25, -0.2) is 0 Å². The van der Waals surface area contributed by atoms with Crippen molar-refractivity contribution in [3.63, 3.8) is 0 Å². The molecule has 0 spiro atoms. The van der Waals surface area contributed by atoms with Crippen LogP contribution in [0.2, 0.25) is 0 Å². The van der Waals surface area contributed by atoms with Gasteiger partial charge < -0.3 is 20.3 Å². The maximum absolute atomic E-state index is 12.0. The molecule has 0 bridgehead atoms. The van der Waals surface area contributed by atoms with E-state index in [2.05, 4.69) is 58.5 Å². The summed E-state index contributed by atoms with van der Waals surface area (Å²) in [4.78, 5) is 21.3. The van der Waals surface area contributed by atoms with Crippen molar-refractivity contribution in [2.75, 3.05) is 66.1 Å². The van der Waals surface area contributed by atoms with Crippen molar-refractivity contribution in [3.05, 3.63) is 35.4 Å². The molecule has 8 heteroatoms. The van der Waals surface area contributed by atoms with E-state index < -0.39 is 0 Å². The van der Waals surface area contributed by atoms with Gasteiger partial charge in [0, 0.05) is 52.9 Å². The van der Waals surface area contributed by atoms with Crippen molar-refractivity contribution in [2.45, 2.75) is 26.7 Å². The van der Waals surface area contributed by atoms with Crippen LogP contribution in [0.1, 0.15) is 25.0 Å². The van der Waals surface area contributed by atoms with Crippen LogP contribution in [0.5, 0.6) is 0 Å². The van der Waals surface area contributed by atoms with Gasteiger partial charge in [-0.05, 0) is 30.9 Å². The number of hydrogen-bond donors (Lipinski definition) is 2. The van der Waals surface area contributed by atoms with Gasteiger partial charge in [0.1, 0.15) is 0 Å². The summed E-state index contributed by atoms with van der Waals surface area (Å²) in [6, 6.07) is 8.82. The number of benzene rings is 1. The standard InChI is InChI=1S/C22H37N5O2.HI/c1-4-19-6-8-20(9-7-19)10-11-25-22(23-5-2)27-15-13-26(14-16-27)18-21(28)24-12-17-29-3;/h6-9H,4-5,10-18H2,1-3H3,(H,23,25)(H,24,28);1H. The first-order chi connectivity index (χ1) is 14.2. The largest absolute Gasteiger partial charge is 0.383 e. The molecule has 0 aromatic heterocycles. The highest BCUT2D eigenvalue weighted by atomic mass is 127. The van der Waals surface area contributed by atoms with Crippen LogP contribution in [-0.4, -0.2) is 87.7 Å². The number of halogens is 1. The van der Waals surface area contributed by atoms with Gasteiger partial charge in [0.2, 0.25) is 5.91 Å². The Balaban J connectivity index is 0.00000450. The molecule has 170 valence electrons. The van der Waals surface area contributed by atoms with E-state index in [1.165, 1.54) is 11.1 Å². The number of carbonyl (C=O) groups is 1. The van der Waals surface area contributed by atoms with Gasteiger partial charge in [-0.2, -0.15) is 0 Å². The molecule has 1 amide bonds. The molecule has 2 rings (SSSR count). The number of methoxy groups -OCH3 is 1. The van der Waals surface area contributed by atoms with E-state index >= 15 is 0 Å². The first kappa shape index (κ1) is 26.6. The summed E-state index contributed by atoms with van der Waals surface area (Å²) in [6.45, 7) is 10.9. The lowest BCUT2D eigenvalue weighted by molar-refractivity contribution is -0.122. The third-order valence-electron chi connectivity index (χ3n) is 5.10. The Kier molecular flexibility index (Phi) is 13.7. The maximum Gasteiger partial charge on any atom is 0.234 e. The number of hydrogen-bond acceptors (Lipinski definition) is 4. The molecule has 7 nitrogen and oxygen atoms in total. The number of piperazine rings is 1. The fourth-order valence-electron chi connectivity index (χ4n) is 3.33. The van der Waals surface area contributed by atoms with Crippen molar-refractivity contribution in [1.82, 2.24) is 20.4 Å². The fraction of sp³-hybridized carbons (Fsp3) is 0.636. The van der Waals surface area contributed by atoms with Crippen molar-refractivity contribution < 1.29 is 9.53 Å². The molecular weight excluding hydrogens is 493 g/mol. The molecule has 1 aliphatic heterocycles. The number of carbonyl (C=O) groups excluding carboxylic acids is 1. The zero-order valence-electron chi connectivity index (χ0n) is 18.7. The van der Waals surface area contributed by atoms with Crippen LogP contribution in [0.4, 0.5) is 0 Å². The van der Waals surface area contributed by atoms with Crippen molar-refractivity contribution >= 4 is 35.8 Å². The minimum Gasteiger partial charge on any atom is -0.383 e. The van der Waals surface area contributed by atoms with Gasteiger partial charge in [-0.15, -0.1) is 24.0 Å². The summed E-state index contributed by atoms with van der Waals surface area (Å²) in [5.41, 5.74) is 2.70. The lowest BCUT2D eigenvalue weighted by Gasteiger charge is -2.36. The molecule has 30 heavy (non-hydrogen) atoms. The zero-order valence-corrected chi connectivity index (χ0v) is 21.0. The molecule has 1 heterocycles. The van der Waals surface area contributed by atoms with Crippen LogP contribution < -0.4 is 10.6 Å². The number of aliphatic imine (C=N–C) groups is 1. The predicted octanol–water partition coefficient (Wildman–Crippen LogP) is 1.76.